The quantitative estimate of drug-likeness (QED) is 0.422. The van der Waals surface area contributed by atoms with E-state index in [9.17, 15) is 0 Å². The number of benzene rings is 1. The number of allylic oxidation sites excluding steroid dienone is 1. The Labute approximate surface area is 181 Å². The van der Waals surface area contributed by atoms with Crippen molar-refractivity contribution in [2.45, 2.75) is 12.8 Å². The van der Waals surface area contributed by atoms with Gasteiger partial charge in [-0.2, -0.15) is 22.7 Å². The third-order valence-corrected chi connectivity index (χ3v) is 6.86. The molecule has 0 saturated carbocycles. The minimum Gasteiger partial charge on any atom is -0.495 e. The van der Waals surface area contributed by atoms with Crippen LogP contribution in [0.25, 0.3) is 5.57 Å². The van der Waals surface area contributed by atoms with Crippen LogP contribution in [0.2, 0.25) is 0 Å². The van der Waals surface area contributed by atoms with Crippen molar-refractivity contribution >= 4 is 33.9 Å². The van der Waals surface area contributed by atoms with Gasteiger partial charge in [-0.3, -0.25) is 4.90 Å². The van der Waals surface area contributed by atoms with Gasteiger partial charge in [0.25, 0.3) is 0 Å². The van der Waals surface area contributed by atoms with Crippen LogP contribution in [0.5, 0.6) is 5.75 Å². The van der Waals surface area contributed by atoms with Gasteiger partial charge in [0.15, 0.2) is 0 Å². The molecule has 0 atom stereocenters. The molecule has 0 radical (unpaired) electrons. The normalized spacial score (nSPS) is 14.7. The first-order chi connectivity index (χ1) is 14.3. The maximum absolute atomic E-state index is 5.53. The van der Waals surface area contributed by atoms with Crippen LogP contribution in [-0.2, 0) is 0 Å². The van der Waals surface area contributed by atoms with Crippen LogP contribution in [0.1, 0.15) is 24.0 Å². The van der Waals surface area contributed by atoms with Crippen molar-refractivity contribution in [1.82, 2.24) is 4.90 Å². The Balaban J connectivity index is 1.28. The standard InChI is InChI=1S/C24H28N2OS2/c1-27-24-8-3-2-7-23(24)26-14-12-25(13-15-26)11-5-4-6-22(20-9-16-28-18-20)21-10-17-29-19-21/h2-3,6-10,16-19H,4-5,11-15H2,1H3. The van der Waals surface area contributed by atoms with E-state index in [-0.39, 0.29) is 0 Å². The van der Waals surface area contributed by atoms with Crippen LogP contribution in [0.4, 0.5) is 5.69 Å². The number of anilines is 1. The van der Waals surface area contributed by atoms with Gasteiger partial charge in [-0.15, -0.1) is 0 Å². The molecule has 3 nitrogen and oxygen atoms in total. The fourth-order valence-electron chi connectivity index (χ4n) is 3.90. The highest BCUT2D eigenvalue weighted by molar-refractivity contribution is 7.08. The second-order valence-corrected chi connectivity index (χ2v) is 8.84. The van der Waals surface area contributed by atoms with Crippen LogP contribution in [0, 0.1) is 0 Å². The summed E-state index contributed by atoms with van der Waals surface area (Å²) in [5.74, 6) is 0.973. The molecule has 1 aromatic carbocycles. The number of rotatable bonds is 8. The number of para-hydroxylation sites is 2. The third kappa shape index (κ3) is 5.10. The van der Waals surface area contributed by atoms with E-state index in [1.54, 1.807) is 29.8 Å². The zero-order chi connectivity index (χ0) is 19.9. The number of nitrogens with zero attached hydrogens (tertiary/aromatic N) is 2. The Morgan fingerprint density at radius 1 is 0.966 bits per heavy atom. The molecule has 0 spiro atoms. The topological polar surface area (TPSA) is 15.7 Å². The number of piperazine rings is 1. The first-order valence-corrected chi connectivity index (χ1v) is 12.1. The van der Waals surface area contributed by atoms with E-state index in [4.69, 9.17) is 4.74 Å². The molecule has 29 heavy (non-hydrogen) atoms. The summed E-state index contributed by atoms with van der Waals surface area (Å²) in [5.41, 5.74) is 5.29. The highest BCUT2D eigenvalue weighted by Crippen LogP contribution is 2.29. The lowest BCUT2D eigenvalue weighted by molar-refractivity contribution is 0.255. The molecule has 1 fully saturated rings. The first-order valence-electron chi connectivity index (χ1n) is 10.2. The molecule has 3 aromatic rings. The second kappa shape index (κ2) is 10.1. The lowest BCUT2D eigenvalue weighted by Gasteiger charge is -2.36. The molecule has 3 heterocycles. The molecule has 0 N–H and O–H groups in total. The summed E-state index contributed by atoms with van der Waals surface area (Å²) < 4.78 is 5.53. The molecule has 2 aromatic heterocycles. The number of methoxy groups -OCH3 is 1. The summed E-state index contributed by atoms with van der Waals surface area (Å²) >= 11 is 3.54. The average Bonchev–Trinajstić information content (AvgIpc) is 3.49. The summed E-state index contributed by atoms with van der Waals surface area (Å²) in [6, 6.07) is 12.8. The molecule has 1 saturated heterocycles. The van der Waals surface area contributed by atoms with Gasteiger partial charge >= 0.3 is 0 Å². The van der Waals surface area contributed by atoms with Gasteiger partial charge in [0.1, 0.15) is 5.75 Å². The molecular weight excluding hydrogens is 396 g/mol. The average molecular weight is 425 g/mol. The molecule has 0 bridgehead atoms. The third-order valence-electron chi connectivity index (χ3n) is 5.49. The van der Waals surface area contributed by atoms with Gasteiger partial charge < -0.3 is 9.64 Å². The van der Waals surface area contributed by atoms with Crippen LogP contribution < -0.4 is 9.64 Å². The van der Waals surface area contributed by atoms with Gasteiger partial charge in [0.05, 0.1) is 12.8 Å². The van der Waals surface area contributed by atoms with Crippen molar-refractivity contribution in [3.63, 3.8) is 0 Å². The van der Waals surface area contributed by atoms with E-state index in [2.05, 4.69) is 61.7 Å². The van der Waals surface area contributed by atoms with Crippen LogP contribution in [0.3, 0.4) is 0 Å². The van der Waals surface area contributed by atoms with E-state index in [0.717, 1.165) is 44.9 Å². The van der Waals surface area contributed by atoms with Crippen molar-refractivity contribution in [2.24, 2.45) is 0 Å². The monoisotopic (exact) mass is 424 g/mol. The molecule has 5 heteroatoms. The molecular formula is C24H28N2OS2. The second-order valence-electron chi connectivity index (χ2n) is 7.28. The number of unbranched alkanes of at least 4 members (excludes halogenated alkanes) is 1. The first kappa shape index (κ1) is 20.2. The van der Waals surface area contributed by atoms with E-state index in [1.165, 1.54) is 28.8 Å². The maximum atomic E-state index is 5.53. The summed E-state index contributed by atoms with van der Waals surface area (Å²) in [6.45, 7) is 5.51. The van der Waals surface area contributed by atoms with Crippen molar-refractivity contribution in [1.29, 1.82) is 0 Å². The van der Waals surface area contributed by atoms with E-state index in [1.807, 2.05) is 12.1 Å². The van der Waals surface area contributed by atoms with Crippen LogP contribution >= 0.6 is 22.7 Å². The molecule has 4 rings (SSSR count). The van der Waals surface area contributed by atoms with Gasteiger partial charge in [-0.25, -0.2) is 0 Å². The minimum atomic E-state index is 0.973. The Morgan fingerprint density at radius 3 is 2.28 bits per heavy atom. The number of hydrogen-bond donors (Lipinski definition) is 0. The molecule has 0 amide bonds. The van der Waals surface area contributed by atoms with E-state index < -0.39 is 0 Å². The van der Waals surface area contributed by atoms with E-state index >= 15 is 0 Å². The Morgan fingerprint density at radius 2 is 1.66 bits per heavy atom. The highest BCUT2D eigenvalue weighted by Gasteiger charge is 2.19. The molecule has 0 aliphatic carbocycles. The summed E-state index contributed by atoms with van der Waals surface area (Å²) in [6.07, 6.45) is 4.75. The SMILES string of the molecule is COc1ccccc1N1CCN(CCCC=C(c2ccsc2)c2ccsc2)CC1. The Bertz CT molecular complexity index is 859. The number of hydrogen-bond acceptors (Lipinski definition) is 5. The summed E-state index contributed by atoms with van der Waals surface area (Å²) in [5, 5.41) is 8.83. The molecule has 1 aliphatic rings. The van der Waals surface area contributed by atoms with Crippen molar-refractivity contribution < 1.29 is 4.74 Å². The highest BCUT2D eigenvalue weighted by atomic mass is 32.1. The van der Waals surface area contributed by atoms with Gasteiger partial charge in [0, 0.05) is 26.2 Å². The maximum Gasteiger partial charge on any atom is 0.142 e. The van der Waals surface area contributed by atoms with Crippen molar-refractivity contribution in [3.8, 4) is 5.75 Å². The fraction of sp³-hybridized carbons (Fsp3) is 0.333. The Kier molecular flexibility index (Phi) is 7.04. The predicted octanol–water partition coefficient (Wildman–Crippen LogP) is 5.85. The Hall–Kier alpha value is -2.08. The molecule has 152 valence electrons. The van der Waals surface area contributed by atoms with Gasteiger partial charge in [-0.05, 0) is 81.9 Å². The van der Waals surface area contributed by atoms with Gasteiger partial charge in [-0.1, -0.05) is 18.2 Å². The fourth-order valence-corrected chi connectivity index (χ4v) is 5.21. The smallest absolute Gasteiger partial charge is 0.142 e. The number of thiophene rings is 2. The number of ether oxygens (including phenoxy) is 1. The summed E-state index contributed by atoms with van der Waals surface area (Å²) in [7, 11) is 1.75. The molecule has 1 aliphatic heterocycles. The summed E-state index contributed by atoms with van der Waals surface area (Å²) in [4.78, 5) is 5.04. The zero-order valence-corrected chi connectivity index (χ0v) is 18.6. The van der Waals surface area contributed by atoms with Gasteiger partial charge in [0.2, 0.25) is 0 Å². The lowest BCUT2D eigenvalue weighted by Crippen LogP contribution is -2.46. The molecule has 0 unspecified atom stereocenters. The van der Waals surface area contributed by atoms with Crippen LogP contribution in [0.15, 0.2) is 64.0 Å². The lowest BCUT2D eigenvalue weighted by atomic mass is 10.0. The predicted molar refractivity (Wildman–Crippen MR) is 127 cm³/mol. The van der Waals surface area contributed by atoms with Crippen molar-refractivity contribution in [2.75, 3.05) is 44.7 Å². The van der Waals surface area contributed by atoms with E-state index in [0.29, 0.717) is 0 Å². The minimum absolute atomic E-state index is 0.973. The van der Waals surface area contributed by atoms with Crippen molar-refractivity contribution in [3.05, 3.63) is 75.1 Å². The van der Waals surface area contributed by atoms with Crippen LogP contribution in [-0.4, -0.2) is 44.7 Å². The zero-order valence-electron chi connectivity index (χ0n) is 16.9. The largest absolute Gasteiger partial charge is 0.495 e.